The van der Waals surface area contributed by atoms with Crippen LogP contribution in [0.4, 0.5) is 5.82 Å². The van der Waals surface area contributed by atoms with E-state index in [1.807, 2.05) is 12.1 Å². The standard InChI is InChI=1S/C17H19N5O2/c1-21-11-12(10-19-21)17(23)20-13-3-7-22(8-4-13)16-14-5-9-24-15(14)2-6-18-16/h2,5-6,9-11,13H,3-4,7-8H2,1H3,(H,20,23). The van der Waals surface area contributed by atoms with Crippen LogP contribution in [-0.4, -0.2) is 39.8 Å². The number of hydrogen-bond donors (Lipinski definition) is 1. The van der Waals surface area contributed by atoms with Gasteiger partial charge in [-0.25, -0.2) is 4.98 Å². The number of piperidine rings is 1. The maximum atomic E-state index is 12.2. The highest BCUT2D eigenvalue weighted by Gasteiger charge is 2.23. The molecule has 0 unspecified atom stereocenters. The molecule has 4 rings (SSSR count). The van der Waals surface area contributed by atoms with Gasteiger partial charge in [-0.15, -0.1) is 0 Å². The van der Waals surface area contributed by atoms with Crippen LogP contribution in [0.1, 0.15) is 23.2 Å². The Morgan fingerprint density at radius 1 is 1.33 bits per heavy atom. The third kappa shape index (κ3) is 2.73. The molecule has 1 fully saturated rings. The number of fused-ring (bicyclic) bond motifs is 1. The number of rotatable bonds is 3. The smallest absolute Gasteiger partial charge is 0.254 e. The molecule has 0 spiro atoms. The van der Waals surface area contributed by atoms with Gasteiger partial charge in [-0.1, -0.05) is 0 Å². The van der Waals surface area contributed by atoms with E-state index in [0.29, 0.717) is 5.56 Å². The van der Waals surface area contributed by atoms with Gasteiger partial charge in [0.15, 0.2) is 0 Å². The Kier molecular flexibility index (Phi) is 3.68. The van der Waals surface area contributed by atoms with E-state index in [4.69, 9.17) is 4.42 Å². The first-order valence-corrected chi connectivity index (χ1v) is 8.07. The van der Waals surface area contributed by atoms with Gasteiger partial charge in [0.25, 0.3) is 5.91 Å². The summed E-state index contributed by atoms with van der Waals surface area (Å²) in [6.07, 6.45) is 8.57. The molecule has 0 aliphatic carbocycles. The van der Waals surface area contributed by atoms with Crippen molar-refractivity contribution in [1.29, 1.82) is 0 Å². The van der Waals surface area contributed by atoms with E-state index in [9.17, 15) is 4.79 Å². The second-order valence-electron chi connectivity index (χ2n) is 6.10. The highest BCUT2D eigenvalue weighted by molar-refractivity contribution is 5.94. The quantitative estimate of drug-likeness (QED) is 0.796. The number of hydrogen-bond acceptors (Lipinski definition) is 5. The maximum Gasteiger partial charge on any atom is 0.254 e. The summed E-state index contributed by atoms with van der Waals surface area (Å²) in [6, 6.07) is 4.01. The molecule has 7 nitrogen and oxygen atoms in total. The lowest BCUT2D eigenvalue weighted by atomic mass is 10.0. The third-order valence-corrected chi connectivity index (χ3v) is 4.46. The zero-order chi connectivity index (χ0) is 16.5. The average molecular weight is 325 g/mol. The second-order valence-corrected chi connectivity index (χ2v) is 6.10. The van der Waals surface area contributed by atoms with Crippen molar-refractivity contribution in [3.8, 4) is 0 Å². The first kappa shape index (κ1) is 14.7. The summed E-state index contributed by atoms with van der Waals surface area (Å²) in [5.41, 5.74) is 1.46. The molecule has 1 aliphatic heterocycles. The van der Waals surface area contributed by atoms with Gasteiger partial charge in [-0.2, -0.15) is 5.10 Å². The second kappa shape index (κ2) is 5.99. The molecular weight excluding hydrogens is 306 g/mol. The van der Waals surface area contributed by atoms with Crippen LogP contribution in [0.2, 0.25) is 0 Å². The number of nitrogens with one attached hydrogen (secondary N) is 1. The van der Waals surface area contributed by atoms with Gasteiger partial charge in [0.05, 0.1) is 23.4 Å². The Labute approximate surface area is 139 Å². The van der Waals surface area contributed by atoms with Crippen LogP contribution < -0.4 is 10.2 Å². The van der Waals surface area contributed by atoms with Crippen molar-refractivity contribution in [2.75, 3.05) is 18.0 Å². The van der Waals surface area contributed by atoms with Gasteiger partial charge in [-0.3, -0.25) is 9.48 Å². The average Bonchev–Trinajstić information content (AvgIpc) is 3.24. The molecule has 7 heteroatoms. The topological polar surface area (TPSA) is 76.2 Å². The van der Waals surface area contributed by atoms with Crippen LogP contribution in [0.3, 0.4) is 0 Å². The largest absolute Gasteiger partial charge is 0.464 e. The van der Waals surface area contributed by atoms with Crippen molar-refractivity contribution >= 4 is 22.7 Å². The highest BCUT2D eigenvalue weighted by Crippen LogP contribution is 2.27. The first-order chi connectivity index (χ1) is 11.7. The van der Waals surface area contributed by atoms with Crippen molar-refractivity contribution in [1.82, 2.24) is 20.1 Å². The fourth-order valence-corrected chi connectivity index (χ4v) is 3.17. The monoisotopic (exact) mass is 325 g/mol. The van der Waals surface area contributed by atoms with Gasteiger partial charge in [0.1, 0.15) is 11.4 Å². The zero-order valence-electron chi connectivity index (χ0n) is 13.5. The number of anilines is 1. The molecule has 0 aromatic carbocycles. The van der Waals surface area contributed by atoms with Gasteiger partial charge >= 0.3 is 0 Å². The molecule has 124 valence electrons. The van der Waals surface area contributed by atoms with Crippen LogP contribution >= 0.6 is 0 Å². The molecule has 24 heavy (non-hydrogen) atoms. The fourth-order valence-electron chi connectivity index (χ4n) is 3.17. The number of pyridine rings is 1. The summed E-state index contributed by atoms with van der Waals surface area (Å²) < 4.78 is 7.08. The fraction of sp³-hybridized carbons (Fsp3) is 0.353. The molecular formula is C17H19N5O2. The Morgan fingerprint density at radius 2 is 2.17 bits per heavy atom. The number of carbonyl (C=O) groups excluding carboxylic acids is 1. The van der Waals surface area contributed by atoms with E-state index in [1.165, 1.54) is 0 Å². The van der Waals surface area contributed by atoms with E-state index in [-0.39, 0.29) is 11.9 Å². The van der Waals surface area contributed by atoms with Crippen molar-refractivity contribution < 1.29 is 9.21 Å². The third-order valence-electron chi connectivity index (χ3n) is 4.46. The lowest BCUT2D eigenvalue weighted by molar-refractivity contribution is 0.0931. The number of furan rings is 1. The van der Waals surface area contributed by atoms with Gasteiger partial charge < -0.3 is 14.6 Å². The molecule has 0 radical (unpaired) electrons. The van der Waals surface area contributed by atoms with Crippen LogP contribution in [0.5, 0.6) is 0 Å². The molecule has 1 amide bonds. The Balaban J connectivity index is 1.40. The first-order valence-electron chi connectivity index (χ1n) is 8.07. The molecule has 0 atom stereocenters. The summed E-state index contributed by atoms with van der Waals surface area (Å²) in [4.78, 5) is 19.0. The van der Waals surface area contributed by atoms with Gasteiger partial charge in [-0.05, 0) is 25.0 Å². The summed E-state index contributed by atoms with van der Waals surface area (Å²) >= 11 is 0. The molecule has 1 N–H and O–H groups in total. The summed E-state index contributed by atoms with van der Waals surface area (Å²) in [6.45, 7) is 1.71. The van der Waals surface area contributed by atoms with E-state index in [0.717, 1.165) is 42.7 Å². The predicted octanol–water partition coefficient (Wildman–Crippen LogP) is 1.96. The molecule has 0 saturated carbocycles. The van der Waals surface area contributed by atoms with Crippen molar-refractivity contribution in [2.24, 2.45) is 7.05 Å². The number of nitrogens with zero attached hydrogens (tertiary/aromatic N) is 4. The van der Waals surface area contributed by atoms with E-state index in [1.54, 1.807) is 36.6 Å². The minimum atomic E-state index is -0.0587. The number of aromatic nitrogens is 3. The van der Waals surface area contributed by atoms with Crippen LogP contribution in [0, 0.1) is 0 Å². The molecule has 4 heterocycles. The lowest BCUT2D eigenvalue weighted by Gasteiger charge is -2.33. The van der Waals surface area contributed by atoms with Crippen LogP contribution in [0.15, 0.2) is 41.4 Å². The molecule has 0 bridgehead atoms. The minimum absolute atomic E-state index is 0.0587. The molecule has 3 aromatic rings. The van der Waals surface area contributed by atoms with Crippen LogP contribution in [0.25, 0.3) is 11.0 Å². The van der Waals surface area contributed by atoms with Crippen molar-refractivity contribution in [3.05, 3.63) is 42.5 Å². The zero-order valence-corrected chi connectivity index (χ0v) is 13.5. The predicted molar refractivity (Wildman–Crippen MR) is 89.9 cm³/mol. The summed E-state index contributed by atoms with van der Waals surface area (Å²) in [5, 5.41) is 8.17. The Bertz CT molecular complexity index is 861. The summed E-state index contributed by atoms with van der Waals surface area (Å²) in [7, 11) is 1.80. The lowest BCUT2D eigenvalue weighted by Crippen LogP contribution is -2.45. The molecule has 1 aliphatic rings. The van der Waals surface area contributed by atoms with E-state index < -0.39 is 0 Å². The van der Waals surface area contributed by atoms with E-state index in [2.05, 4.69) is 20.3 Å². The van der Waals surface area contributed by atoms with E-state index >= 15 is 0 Å². The Hall–Kier alpha value is -2.83. The van der Waals surface area contributed by atoms with Crippen LogP contribution in [-0.2, 0) is 7.05 Å². The number of aryl methyl sites for hydroxylation is 1. The van der Waals surface area contributed by atoms with Crippen molar-refractivity contribution in [2.45, 2.75) is 18.9 Å². The number of amides is 1. The minimum Gasteiger partial charge on any atom is -0.464 e. The number of carbonyl (C=O) groups is 1. The van der Waals surface area contributed by atoms with Gasteiger partial charge in [0, 0.05) is 38.6 Å². The molecule has 1 saturated heterocycles. The normalized spacial score (nSPS) is 15.8. The Morgan fingerprint density at radius 3 is 2.92 bits per heavy atom. The van der Waals surface area contributed by atoms with Crippen molar-refractivity contribution in [3.63, 3.8) is 0 Å². The maximum absolute atomic E-state index is 12.2. The summed E-state index contributed by atoms with van der Waals surface area (Å²) in [5.74, 6) is 0.898. The SMILES string of the molecule is Cn1cc(C(=O)NC2CCN(c3nccc4occc34)CC2)cn1. The highest BCUT2D eigenvalue weighted by atomic mass is 16.3. The molecule has 3 aromatic heterocycles. The van der Waals surface area contributed by atoms with Gasteiger partial charge in [0.2, 0.25) is 0 Å².